The van der Waals surface area contributed by atoms with Crippen molar-refractivity contribution in [2.75, 3.05) is 19.8 Å². The average molecular weight is 356 g/mol. The standard InChI is InChI=1S/C19H24N4O3/c1-14(2)7-10-26-18-8-9-25-11-16(18)22-19(24)15-5-3-4-6-17(15)23-13-20-12-21-23/h3-7,12-13,16,18H,8-11H2,1-2H3,(H,22,24)/t16-,18+/m0/s1. The van der Waals surface area contributed by atoms with Crippen LogP contribution in [0.1, 0.15) is 30.6 Å². The van der Waals surface area contributed by atoms with Gasteiger partial charge in [0, 0.05) is 6.61 Å². The maximum absolute atomic E-state index is 12.9. The molecule has 1 saturated heterocycles. The molecule has 138 valence electrons. The Balaban J connectivity index is 1.71. The van der Waals surface area contributed by atoms with Crippen LogP contribution in [0.3, 0.4) is 0 Å². The number of benzene rings is 1. The van der Waals surface area contributed by atoms with E-state index in [1.54, 1.807) is 17.1 Å². The number of ether oxygens (including phenoxy) is 2. The normalized spacial score (nSPS) is 19.8. The van der Waals surface area contributed by atoms with Crippen LogP contribution in [0.2, 0.25) is 0 Å². The second-order valence-electron chi connectivity index (χ2n) is 6.45. The van der Waals surface area contributed by atoms with Crippen LogP contribution in [0.4, 0.5) is 0 Å². The molecule has 0 unspecified atom stereocenters. The van der Waals surface area contributed by atoms with Gasteiger partial charge in [-0.25, -0.2) is 9.67 Å². The third-order valence-electron chi connectivity index (χ3n) is 4.23. The molecule has 2 atom stereocenters. The number of para-hydroxylation sites is 1. The van der Waals surface area contributed by atoms with Crippen LogP contribution in [-0.2, 0) is 9.47 Å². The van der Waals surface area contributed by atoms with Gasteiger partial charge in [-0.15, -0.1) is 0 Å². The quantitative estimate of drug-likeness (QED) is 0.803. The van der Waals surface area contributed by atoms with Crippen LogP contribution in [0.15, 0.2) is 48.6 Å². The van der Waals surface area contributed by atoms with Gasteiger partial charge in [-0.05, 0) is 32.4 Å². The predicted molar refractivity (Wildman–Crippen MR) is 97.2 cm³/mol. The lowest BCUT2D eigenvalue weighted by Crippen LogP contribution is -2.50. The molecule has 1 aliphatic heterocycles. The van der Waals surface area contributed by atoms with E-state index < -0.39 is 0 Å². The molecule has 1 aromatic heterocycles. The van der Waals surface area contributed by atoms with E-state index in [-0.39, 0.29) is 18.1 Å². The topological polar surface area (TPSA) is 78.3 Å². The number of carbonyl (C=O) groups excluding carboxylic acids is 1. The van der Waals surface area contributed by atoms with Gasteiger partial charge in [0.15, 0.2) is 0 Å². The minimum Gasteiger partial charge on any atom is -0.379 e. The Morgan fingerprint density at radius 1 is 1.42 bits per heavy atom. The molecular weight excluding hydrogens is 332 g/mol. The summed E-state index contributed by atoms with van der Waals surface area (Å²) in [5.74, 6) is -0.178. The van der Waals surface area contributed by atoms with E-state index in [0.29, 0.717) is 31.1 Å². The van der Waals surface area contributed by atoms with Crippen LogP contribution >= 0.6 is 0 Å². The fraction of sp³-hybridized carbons (Fsp3) is 0.421. The molecule has 0 spiro atoms. The summed E-state index contributed by atoms with van der Waals surface area (Å²) in [4.78, 5) is 16.8. The zero-order valence-electron chi connectivity index (χ0n) is 15.1. The first-order chi connectivity index (χ1) is 12.6. The molecule has 26 heavy (non-hydrogen) atoms. The van der Waals surface area contributed by atoms with Gasteiger partial charge in [0.25, 0.3) is 5.91 Å². The Bertz CT molecular complexity index is 754. The second kappa shape index (κ2) is 8.73. The molecule has 1 amide bonds. The summed E-state index contributed by atoms with van der Waals surface area (Å²) in [6.07, 6.45) is 5.74. The average Bonchev–Trinajstić information content (AvgIpc) is 3.17. The van der Waals surface area contributed by atoms with E-state index in [1.807, 2.05) is 38.1 Å². The van der Waals surface area contributed by atoms with Gasteiger partial charge in [-0.1, -0.05) is 23.8 Å². The first-order valence-electron chi connectivity index (χ1n) is 8.73. The predicted octanol–water partition coefficient (Wildman–Crippen LogP) is 2.14. The van der Waals surface area contributed by atoms with Crippen molar-refractivity contribution in [3.63, 3.8) is 0 Å². The Morgan fingerprint density at radius 2 is 2.27 bits per heavy atom. The number of nitrogens with zero attached hydrogens (tertiary/aromatic N) is 3. The van der Waals surface area contributed by atoms with Crippen molar-refractivity contribution in [3.8, 4) is 5.69 Å². The van der Waals surface area contributed by atoms with E-state index in [2.05, 4.69) is 15.4 Å². The number of allylic oxidation sites excluding steroid dienone is 1. The lowest BCUT2D eigenvalue weighted by Gasteiger charge is -2.32. The molecule has 1 N–H and O–H groups in total. The molecule has 3 rings (SSSR count). The maximum Gasteiger partial charge on any atom is 0.253 e. The maximum atomic E-state index is 12.9. The highest BCUT2D eigenvalue weighted by Gasteiger charge is 2.28. The lowest BCUT2D eigenvalue weighted by atomic mass is 10.1. The fourth-order valence-electron chi connectivity index (χ4n) is 2.83. The number of carbonyl (C=O) groups is 1. The van der Waals surface area contributed by atoms with Crippen molar-refractivity contribution in [1.82, 2.24) is 20.1 Å². The third kappa shape index (κ3) is 4.56. The molecule has 0 aliphatic carbocycles. The van der Waals surface area contributed by atoms with E-state index in [1.165, 1.54) is 11.9 Å². The van der Waals surface area contributed by atoms with Crippen molar-refractivity contribution in [2.45, 2.75) is 32.4 Å². The Kier molecular flexibility index (Phi) is 6.14. The van der Waals surface area contributed by atoms with E-state index >= 15 is 0 Å². The van der Waals surface area contributed by atoms with Gasteiger partial charge in [0.05, 0.1) is 36.6 Å². The first-order valence-corrected chi connectivity index (χ1v) is 8.73. The molecule has 0 bridgehead atoms. The molecule has 1 aromatic carbocycles. The third-order valence-corrected chi connectivity index (χ3v) is 4.23. The lowest BCUT2D eigenvalue weighted by molar-refractivity contribution is -0.0457. The van der Waals surface area contributed by atoms with Gasteiger partial charge >= 0.3 is 0 Å². The number of nitrogens with one attached hydrogen (secondary N) is 1. The minimum atomic E-state index is -0.189. The molecular formula is C19H24N4O3. The highest BCUT2D eigenvalue weighted by molar-refractivity contribution is 5.97. The van der Waals surface area contributed by atoms with Crippen LogP contribution < -0.4 is 5.32 Å². The summed E-state index contributed by atoms with van der Waals surface area (Å²) >= 11 is 0. The summed E-state index contributed by atoms with van der Waals surface area (Å²) in [6.45, 7) is 5.69. The Morgan fingerprint density at radius 3 is 3.04 bits per heavy atom. The number of hydrogen-bond acceptors (Lipinski definition) is 5. The smallest absolute Gasteiger partial charge is 0.253 e. The molecule has 7 nitrogen and oxygen atoms in total. The summed E-state index contributed by atoms with van der Waals surface area (Å²) in [5, 5.41) is 7.17. The van der Waals surface area contributed by atoms with E-state index in [4.69, 9.17) is 9.47 Å². The largest absolute Gasteiger partial charge is 0.379 e. The van der Waals surface area contributed by atoms with Gasteiger partial charge in [0.1, 0.15) is 12.7 Å². The summed E-state index contributed by atoms with van der Waals surface area (Å²) in [7, 11) is 0. The highest BCUT2D eigenvalue weighted by Crippen LogP contribution is 2.16. The van der Waals surface area contributed by atoms with Crippen LogP contribution in [0.5, 0.6) is 0 Å². The van der Waals surface area contributed by atoms with Crippen molar-refractivity contribution >= 4 is 5.91 Å². The molecule has 1 fully saturated rings. The van der Waals surface area contributed by atoms with Gasteiger partial charge < -0.3 is 14.8 Å². The minimum absolute atomic E-state index is 0.0677. The molecule has 0 saturated carbocycles. The molecule has 2 aromatic rings. The van der Waals surface area contributed by atoms with Crippen LogP contribution in [0, 0.1) is 0 Å². The van der Waals surface area contributed by atoms with Gasteiger partial charge in [-0.3, -0.25) is 4.79 Å². The first kappa shape index (κ1) is 18.3. The zero-order valence-corrected chi connectivity index (χ0v) is 15.1. The molecule has 0 radical (unpaired) electrons. The molecule has 2 heterocycles. The second-order valence-corrected chi connectivity index (χ2v) is 6.45. The monoisotopic (exact) mass is 356 g/mol. The van der Waals surface area contributed by atoms with E-state index in [9.17, 15) is 4.79 Å². The van der Waals surface area contributed by atoms with Crippen LogP contribution in [0.25, 0.3) is 5.69 Å². The van der Waals surface area contributed by atoms with E-state index in [0.717, 1.165) is 6.42 Å². The summed E-state index contributed by atoms with van der Waals surface area (Å²) < 4.78 is 13.1. The van der Waals surface area contributed by atoms with Crippen molar-refractivity contribution in [1.29, 1.82) is 0 Å². The van der Waals surface area contributed by atoms with Crippen molar-refractivity contribution in [3.05, 3.63) is 54.1 Å². The van der Waals surface area contributed by atoms with Crippen LogP contribution in [-0.4, -0.2) is 52.6 Å². The highest BCUT2D eigenvalue weighted by atomic mass is 16.5. The summed E-state index contributed by atoms with van der Waals surface area (Å²) in [6, 6.07) is 7.11. The number of amides is 1. The Hall–Kier alpha value is -2.51. The number of rotatable bonds is 6. The molecule has 1 aliphatic rings. The zero-order chi connectivity index (χ0) is 18.4. The Labute approximate surface area is 153 Å². The summed E-state index contributed by atoms with van der Waals surface area (Å²) in [5.41, 5.74) is 2.42. The van der Waals surface area contributed by atoms with Crippen molar-refractivity contribution in [2.24, 2.45) is 0 Å². The van der Waals surface area contributed by atoms with Crippen molar-refractivity contribution < 1.29 is 14.3 Å². The van der Waals surface area contributed by atoms with Gasteiger partial charge in [0.2, 0.25) is 0 Å². The number of hydrogen-bond donors (Lipinski definition) is 1. The number of aromatic nitrogens is 3. The van der Waals surface area contributed by atoms with Gasteiger partial charge in [-0.2, -0.15) is 5.10 Å². The molecule has 7 heteroatoms. The SMILES string of the molecule is CC(C)=CCO[C@@H]1CCOC[C@@H]1NC(=O)c1ccccc1-n1cncn1. The fourth-order valence-corrected chi connectivity index (χ4v) is 2.83.